The quantitative estimate of drug-likeness (QED) is 0.599. The highest BCUT2D eigenvalue weighted by molar-refractivity contribution is 7.17. The molecular weight excluding hydrogens is 402 g/mol. The molecule has 0 unspecified atom stereocenters. The Balaban J connectivity index is 1.62. The topological polar surface area (TPSA) is 107 Å². The first-order valence-corrected chi connectivity index (χ1v) is 10.7. The van der Waals surface area contributed by atoms with Crippen LogP contribution in [0.2, 0.25) is 0 Å². The maximum Gasteiger partial charge on any atom is 0.341 e. The van der Waals surface area contributed by atoms with Gasteiger partial charge in [0.25, 0.3) is 5.91 Å². The first-order valence-electron chi connectivity index (χ1n) is 9.89. The molecule has 0 aliphatic heterocycles. The van der Waals surface area contributed by atoms with Crippen LogP contribution in [-0.4, -0.2) is 29.7 Å². The van der Waals surface area contributed by atoms with Crippen LogP contribution in [0.25, 0.3) is 11.3 Å². The Kier molecular flexibility index (Phi) is 5.69. The zero-order chi connectivity index (χ0) is 21.3. The van der Waals surface area contributed by atoms with Crippen LogP contribution in [0.15, 0.2) is 34.9 Å². The largest absolute Gasteiger partial charge is 0.462 e. The molecule has 0 radical (unpaired) electrons. The average Bonchev–Trinajstić information content (AvgIpc) is 3.33. The molecular formula is C22H23N3O4S. The number of aryl methyl sites for hydroxylation is 1. The van der Waals surface area contributed by atoms with Crippen LogP contribution in [0, 0.1) is 6.92 Å². The van der Waals surface area contributed by atoms with E-state index in [1.54, 1.807) is 13.0 Å². The summed E-state index contributed by atoms with van der Waals surface area (Å²) in [5.74, 6) is -0.353. The van der Waals surface area contributed by atoms with Crippen molar-refractivity contribution in [2.75, 3.05) is 11.9 Å². The number of benzene rings is 1. The number of nitrogens with one attached hydrogen (secondary N) is 1. The number of fused-ring (bicyclic) bond motifs is 1. The normalized spacial score (nSPS) is 15.5. The molecule has 1 amide bonds. The van der Waals surface area contributed by atoms with Crippen LogP contribution in [0.3, 0.4) is 0 Å². The molecule has 2 heterocycles. The molecule has 30 heavy (non-hydrogen) atoms. The van der Waals surface area contributed by atoms with Gasteiger partial charge in [-0.2, -0.15) is 0 Å². The number of nitrogens with two attached hydrogens (primary N) is 1. The molecule has 1 aromatic carbocycles. The van der Waals surface area contributed by atoms with Crippen LogP contribution >= 0.6 is 11.3 Å². The maximum atomic E-state index is 12.8. The summed E-state index contributed by atoms with van der Waals surface area (Å²) in [6, 6.07) is 9.37. The van der Waals surface area contributed by atoms with Crippen molar-refractivity contribution < 1.29 is 18.8 Å². The zero-order valence-electron chi connectivity index (χ0n) is 16.9. The Hall–Kier alpha value is -2.97. The molecule has 1 aliphatic rings. The van der Waals surface area contributed by atoms with E-state index >= 15 is 0 Å². The van der Waals surface area contributed by atoms with Crippen LogP contribution in [0.4, 0.5) is 5.00 Å². The van der Waals surface area contributed by atoms with Gasteiger partial charge >= 0.3 is 5.97 Å². The molecule has 0 fully saturated rings. The second-order valence-corrected chi connectivity index (χ2v) is 8.38. The van der Waals surface area contributed by atoms with Crippen LogP contribution in [0.5, 0.6) is 0 Å². The van der Waals surface area contributed by atoms with Gasteiger partial charge in [-0.05, 0) is 44.2 Å². The lowest BCUT2D eigenvalue weighted by atomic mass is 9.92. The highest BCUT2D eigenvalue weighted by atomic mass is 32.1. The fourth-order valence-corrected chi connectivity index (χ4v) is 4.97. The lowest BCUT2D eigenvalue weighted by molar-refractivity contribution is 0.0526. The van der Waals surface area contributed by atoms with E-state index in [9.17, 15) is 9.59 Å². The Morgan fingerprint density at radius 3 is 2.93 bits per heavy atom. The Morgan fingerprint density at radius 2 is 2.17 bits per heavy atom. The van der Waals surface area contributed by atoms with Crippen LogP contribution in [0.1, 0.15) is 50.2 Å². The van der Waals surface area contributed by atoms with Crippen molar-refractivity contribution >= 4 is 28.2 Å². The molecule has 0 bridgehead atoms. The fraction of sp³-hybridized carbons (Fsp3) is 0.318. The second kappa shape index (κ2) is 8.41. The van der Waals surface area contributed by atoms with Crippen molar-refractivity contribution in [2.45, 2.75) is 39.2 Å². The van der Waals surface area contributed by atoms with Gasteiger partial charge in [-0.3, -0.25) is 4.79 Å². The van der Waals surface area contributed by atoms with Gasteiger partial charge in [0.1, 0.15) is 5.00 Å². The van der Waals surface area contributed by atoms with E-state index in [0.29, 0.717) is 29.2 Å². The van der Waals surface area contributed by atoms with E-state index in [-0.39, 0.29) is 18.3 Å². The van der Waals surface area contributed by atoms with Gasteiger partial charge in [-0.1, -0.05) is 29.4 Å². The number of ether oxygens (including phenoxy) is 1. The Labute approximate surface area is 178 Å². The second-order valence-electron chi connectivity index (χ2n) is 7.28. The number of anilines is 1. The molecule has 8 heteroatoms. The summed E-state index contributed by atoms with van der Waals surface area (Å²) in [5, 5.41) is 7.22. The lowest BCUT2D eigenvalue weighted by Crippen LogP contribution is -2.27. The molecule has 156 valence electrons. The van der Waals surface area contributed by atoms with Crippen molar-refractivity contribution in [1.29, 1.82) is 0 Å². The summed E-state index contributed by atoms with van der Waals surface area (Å²) in [6.07, 6.45) is 2.18. The number of amides is 1. The predicted octanol–water partition coefficient (Wildman–Crippen LogP) is 3.96. The van der Waals surface area contributed by atoms with E-state index in [4.69, 9.17) is 15.0 Å². The SMILES string of the molecule is CCOC(=O)c1c(NC(=O)c2cc(-c3ccccc3C)on2)sc2c1CC[C@H](N)C2. The highest BCUT2D eigenvalue weighted by Crippen LogP contribution is 2.38. The van der Waals surface area contributed by atoms with Gasteiger partial charge in [-0.25, -0.2) is 4.79 Å². The van der Waals surface area contributed by atoms with Gasteiger partial charge in [0.15, 0.2) is 11.5 Å². The number of hydrogen-bond acceptors (Lipinski definition) is 7. The number of nitrogens with zero attached hydrogens (tertiary/aromatic N) is 1. The smallest absolute Gasteiger partial charge is 0.341 e. The van der Waals surface area contributed by atoms with Crippen LogP contribution in [-0.2, 0) is 17.6 Å². The van der Waals surface area contributed by atoms with Gasteiger partial charge in [0.05, 0.1) is 12.2 Å². The van der Waals surface area contributed by atoms with Crippen molar-refractivity contribution in [2.24, 2.45) is 5.73 Å². The molecule has 7 nitrogen and oxygen atoms in total. The third-order valence-electron chi connectivity index (χ3n) is 5.16. The fourth-order valence-electron chi connectivity index (χ4n) is 3.64. The van der Waals surface area contributed by atoms with E-state index in [1.165, 1.54) is 11.3 Å². The van der Waals surface area contributed by atoms with Crippen molar-refractivity contribution in [1.82, 2.24) is 5.16 Å². The van der Waals surface area contributed by atoms with Crippen molar-refractivity contribution in [3.8, 4) is 11.3 Å². The summed E-state index contributed by atoms with van der Waals surface area (Å²) < 4.78 is 10.6. The predicted molar refractivity (Wildman–Crippen MR) is 115 cm³/mol. The number of rotatable bonds is 5. The first-order chi connectivity index (χ1) is 14.5. The summed E-state index contributed by atoms with van der Waals surface area (Å²) in [5.41, 5.74) is 9.48. The highest BCUT2D eigenvalue weighted by Gasteiger charge is 2.30. The van der Waals surface area contributed by atoms with Crippen molar-refractivity contribution in [3.05, 3.63) is 57.6 Å². The van der Waals surface area contributed by atoms with E-state index in [0.717, 1.165) is 28.0 Å². The number of carbonyl (C=O) groups excluding carboxylic acids is 2. The van der Waals surface area contributed by atoms with Gasteiger partial charge in [0.2, 0.25) is 0 Å². The molecule has 3 aromatic rings. The van der Waals surface area contributed by atoms with E-state index < -0.39 is 11.9 Å². The van der Waals surface area contributed by atoms with Gasteiger partial charge < -0.3 is 20.3 Å². The number of esters is 1. The molecule has 3 N–H and O–H groups in total. The standard InChI is InChI=1S/C22H23N3O4S/c1-3-28-22(27)19-15-9-8-13(23)10-18(15)30-21(19)24-20(26)16-11-17(29-25-16)14-7-5-4-6-12(14)2/h4-7,11,13H,3,8-10,23H2,1-2H3,(H,24,26)/t13-/m0/s1. The Bertz CT molecular complexity index is 1100. The third-order valence-corrected chi connectivity index (χ3v) is 6.33. The minimum atomic E-state index is -0.438. The van der Waals surface area contributed by atoms with Gasteiger partial charge in [-0.15, -0.1) is 11.3 Å². The summed E-state index contributed by atoms with van der Waals surface area (Å²) in [7, 11) is 0. The monoisotopic (exact) mass is 425 g/mol. The maximum absolute atomic E-state index is 12.8. The van der Waals surface area contributed by atoms with E-state index in [2.05, 4.69) is 10.5 Å². The summed E-state index contributed by atoms with van der Waals surface area (Å²) in [6.45, 7) is 3.98. The molecule has 2 aromatic heterocycles. The van der Waals surface area contributed by atoms with E-state index in [1.807, 2.05) is 31.2 Å². The average molecular weight is 426 g/mol. The number of aromatic nitrogens is 1. The van der Waals surface area contributed by atoms with Gasteiger partial charge in [0, 0.05) is 22.5 Å². The lowest BCUT2D eigenvalue weighted by Gasteiger charge is -2.18. The molecule has 0 spiro atoms. The minimum Gasteiger partial charge on any atom is -0.462 e. The molecule has 0 saturated heterocycles. The molecule has 1 atom stereocenters. The minimum absolute atomic E-state index is 0.0574. The number of hydrogen-bond donors (Lipinski definition) is 2. The first kappa shape index (κ1) is 20.3. The summed E-state index contributed by atoms with van der Waals surface area (Å²) >= 11 is 1.38. The summed E-state index contributed by atoms with van der Waals surface area (Å²) in [4.78, 5) is 26.5. The zero-order valence-corrected chi connectivity index (χ0v) is 17.7. The number of carbonyl (C=O) groups is 2. The Morgan fingerprint density at radius 1 is 1.37 bits per heavy atom. The van der Waals surface area contributed by atoms with Crippen molar-refractivity contribution in [3.63, 3.8) is 0 Å². The molecule has 1 aliphatic carbocycles. The number of thiophene rings is 1. The van der Waals surface area contributed by atoms with Crippen LogP contribution < -0.4 is 11.1 Å². The molecule has 4 rings (SSSR count). The third kappa shape index (κ3) is 3.88. The molecule has 0 saturated carbocycles.